The van der Waals surface area contributed by atoms with Gasteiger partial charge in [-0.2, -0.15) is 0 Å². The van der Waals surface area contributed by atoms with Gasteiger partial charge < -0.3 is 14.6 Å². The zero-order chi connectivity index (χ0) is 17.7. The number of rotatable bonds is 6. The van der Waals surface area contributed by atoms with Crippen molar-refractivity contribution in [3.8, 4) is 5.75 Å². The Labute approximate surface area is 142 Å². The lowest BCUT2D eigenvalue weighted by molar-refractivity contribution is -0.116. The third kappa shape index (κ3) is 4.25. The van der Waals surface area contributed by atoms with Gasteiger partial charge in [-0.3, -0.25) is 9.59 Å². The van der Waals surface area contributed by atoms with Crippen LogP contribution in [-0.4, -0.2) is 17.1 Å². The van der Waals surface area contributed by atoms with E-state index < -0.39 is 0 Å². The van der Waals surface area contributed by atoms with Crippen molar-refractivity contribution in [1.82, 2.24) is 4.57 Å². The van der Waals surface area contributed by atoms with Crippen LogP contribution in [0.5, 0.6) is 5.75 Å². The minimum absolute atomic E-state index is 0.0467. The minimum atomic E-state index is -0.293. The summed E-state index contributed by atoms with van der Waals surface area (Å²) >= 11 is 0. The number of carbonyl (C=O) groups is 1. The van der Waals surface area contributed by atoms with E-state index >= 15 is 0 Å². The first kappa shape index (κ1) is 17.8. The normalized spacial score (nSPS) is 10.5. The molecule has 5 nitrogen and oxygen atoms in total. The monoisotopic (exact) mass is 328 g/mol. The Morgan fingerprint density at radius 2 is 1.88 bits per heavy atom. The second-order valence-corrected chi connectivity index (χ2v) is 5.98. The average Bonchev–Trinajstić information content (AvgIpc) is 2.51. The van der Waals surface area contributed by atoms with Gasteiger partial charge in [-0.15, -0.1) is 0 Å². The van der Waals surface area contributed by atoms with Crippen molar-refractivity contribution in [1.29, 1.82) is 0 Å². The smallest absolute Gasteiger partial charge is 0.293 e. The van der Waals surface area contributed by atoms with Crippen LogP contribution >= 0.6 is 0 Å². The number of aryl methyl sites for hydroxylation is 3. The highest BCUT2D eigenvalue weighted by Crippen LogP contribution is 2.21. The van der Waals surface area contributed by atoms with Crippen LogP contribution in [0.15, 0.2) is 35.3 Å². The van der Waals surface area contributed by atoms with Gasteiger partial charge in [0, 0.05) is 11.9 Å². The quantitative estimate of drug-likeness (QED) is 0.886. The number of anilines is 1. The molecule has 0 atom stereocenters. The fourth-order valence-corrected chi connectivity index (χ4v) is 2.67. The molecule has 1 aromatic carbocycles. The molecule has 0 unspecified atom stereocenters. The molecule has 1 aromatic heterocycles. The van der Waals surface area contributed by atoms with Gasteiger partial charge in [0.2, 0.25) is 5.91 Å². The Hall–Kier alpha value is -2.56. The molecular weight excluding hydrogens is 304 g/mol. The van der Waals surface area contributed by atoms with Crippen LogP contribution in [0.25, 0.3) is 0 Å². The maximum Gasteiger partial charge on any atom is 0.293 e. The molecule has 1 amide bonds. The molecule has 5 heteroatoms. The number of pyridine rings is 1. The highest BCUT2D eigenvalue weighted by atomic mass is 16.5. The highest BCUT2D eigenvalue weighted by molar-refractivity contribution is 5.92. The third-order valence-corrected chi connectivity index (χ3v) is 3.70. The molecule has 0 saturated carbocycles. The third-order valence-electron chi connectivity index (χ3n) is 3.70. The van der Waals surface area contributed by atoms with Crippen molar-refractivity contribution < 1.29 is 9.53 Å². The Morgan fingerprint density at radius 1 is 1.21 bits per heavy atom. The average molecular weight is 328 g/mol. The lowest BCUT2D eigenvalue weighted by Gasteiger charge is -2.14. The maximum atomic E-state index is 12.3. The second-order valence-electron chi connectivity index (χ2n) is 5.98. The largest absolute Gasteiger partial charge is 0.488 e. The van der Waals surface area contributed by atoms with Crippen LogP contribution in [0.1, 0.15) is 30.0 Å². The van der Waals surface area contributed by atoms with Gasteiger partial charge in [0.15, 0.2) is 5.75 Å². The molecule has 1 heterocycles. The van der Waals surface area contributed by atoms with Gasteiger partial charge in [0.25, 0.3) is 5.56 Å². The molecule has 0 aliphatic rings. The van der Waals surface area contributed by atoms with E-state index in [9.17, 15) is 9.59 Å². The summed E-state index contributed by atoms with van der Waals surface area (Å²) in [4.78, 5) is 24.6. The van der Waals surface area contributed by atoms with Gasteiger partial charge in [0.1, 0.15) is 6.54 Å². The summed E-state index contributed by atoms with van der Waals surface area (Å²) in [5.41, 5.74) is 3.68. The van der Waals surface area contributed by atoms with E-state index in [1.165, 1.54) is 4.57 Å². The number of hydrogen-bond acceptors (Lipinski definition) is 3. The number of carbonyl (C=O) groups excluding carboxylic acids is 1. The molecular formula is C19H24N2O3. The molecule has 2 rings (SSSR count). The molecule has 24 heavy (non-hydrogen) atoms. The fraction of sp³-hybridized carbons (Fsp3) is 0.368. The van der Waals surface area contributed by atoms with E-state index in [1.807, 2.05) is 39.8 Å². The zero-order valence-electron chi connectivity index (χ0n) is 14.7. The summed E-state index contributed by atoms with van der Waals surface area (Å²) in [6, 6.07) is 7.38. The van der Waals surface area contributed by atoms with Gasteiger partial charge in [-0.05, 0) is 50.5 Å². The van der Waals surface area contributed by atoms with Crippen molar-refractivity contribution in [2.24, 2.45) is 0 Å². The van der Waals surface area contributed by atoms with Crippen LogP contribution in [0.2, 0.25) is 0 Å². The SMILES string of the molecule is CCCOc1cccn(CC(=O)Nc2c(C)cc(C)cc2C)c1=O. The molecule has 128 valence electrons. The van der Waals surface area contributed by atoms with Gasteiger partial charge in [0.05, 0.1) is 6.61 Å². The van der Waals surface area contributed by atoms with Crippen LogP contribution in [-0.2, 0) is 11.3 Å². The summed E-state index contributed by atoms with van der Waals surface area (Å²) in [5, 5.41) is 2.90. The lowest BCUT2D eigenvalue weighted by atomic mass is 10.1. The van der Waals surface area contributed by atoms with Gasteiger partial charge in [-0.25, -0.2) is 0 Å². The number of aromatic nitrogens is 1. The number of amides is 1. The summed E-state index contributed by atoms with van der Waals surface area (Å²) in [6.07, 6.45) is 2.41. The summed E-state index contributed by atoms with van der Waals surface area (Å²) in [7, 11) is 0. The number of hydrogen-bond donors (Lipinski definition) is 1. The van der Waals surface area contributed by atoms with Crippen molar-refractivity contribution in [2.45, 2.75) is 40.7 Å². The van der Waals surface area contributed by atoms with Crippen molar-refractivity contribution >= 4 is 11.6 Å². The van der Waals surface area contributed by atoms with E-state index in [-0.39, 0.29) is 23.8 Å². The van der Waals surface area contributed by atoms with Crippen molar-refractivity contribution in [3.05, 3.63) is 57.5 Å². The van der Waals surface area contributed by atoms with E-state index in [0.717, 1.165) is 28.8 Å². The molecule has 0 bridgehead atoms. The first-order valence-corrected chi connectivity index (χ1v) is 8.12. The van der Waals surface area contributed by atoms with Crippen LogP contribution in [0, 0.1) is 20.8 Å². The molecule has 0 aliphatic carbocycles. The molecule has 0 fully saturated rings. The Bertz CT molecular complexity index is 770. The van der Waals surface area contributed by atoms with Crippen LogP contribution < -0.4 is 15.6 Å². The maximum absolute atomic E-state index is 12.3. The molecule has 0 aliphatic heterocycles. The van der Waals surface area contributed by atoms with Crippen LogP contribution in [0.3, 0.4) is 0 Å². The predicted molar refractivity (Wildman–Crippen MR) is 95.8 cm³/mol. The van der Waals surface area contributed by atoms with Crippen molar-refractivity contribution in [2.75, 3.05) is 11.9 Å². The minimum Gasteiger partial charge on any atom is -0.488 e. The van der Waals surface area contributed by atoms with E-state index in [4.69, 9.17) is 4.74 Å². The Morgan fingerprint density at radius 3 is 2.50 bits per heavy atom. The topological polar surface area (TPSA) is 60.3 Å². The molecule has 0 spiro atoms. The Kier molecular flexibility index (Phi) is 5.79. The van der Waals surface area contributed by atoms with E-state index in [1.54, 1.807) is 18.3 Å². The highest BCUT2D eigenvalue weighted by Gasteiger charge is 2.11. The van der Waals surface area contributed by atoms with Gasteiger partial charge in [-0.1, -0.05) is 24.6 Å². The predicted octanol–water partition coefficient (Wildman–Crippen LogP) is 3.20. The molecule has 2 aromatic rings. The van der Waals surface area contributed by atoms with Gasteiger partial charge >= 0.3 is 0 Å². The number of nitrogens with one attached hydrogen (secondary N) is 1. The van der Waals surface area contributed by atoms with E-state index in [2.05, 4.69) is 5.32 Å². The zero-order valence-corrected chi connectivity index (χ0v) is 14.7. The summed E-state index contributed by atoms with van der Waals surface area (Å²) in [6.45, 7) is 8.35. The van der Waals surface area contributed by atoms with E-state index in [0.29, 0.717) is 6.61 Å². The first-order valence-electron chi connectivity index (χ1n) is 8.12. The molecule has 1 N–H and O–H groups in total. The standard InChI is InChI=1S/C19H24N2O3/c1-5-9-24-16-7-6-8-21(19(16)23)12-17(22)20-18-14(3)10-13(2)11-15(18)4/h6-8,10-11H,5,9,12H2,1-4H3,(H,20,22). The molecule has 0 saturated heterocycles. The lowest BCUT2D eigenvalue weighted by Crippen LogP contribution is -2.28. The molecule has 0 radical (unpaired) electrons. The Balaban J connectivity index is 2.15. The van der Waals surface area contributed by atoms with Crippen molar-refractivity contribution in [3.63, 3.8) is 0 Å². The number of benzene rings is 1. The van der Waals surface area contributed by atoms with Crippen LogP contribution in [0.4, 0.5) is 5.69 Å². The first-order chi connectivity index (χ1) is 11.4. The fourth-order valence-electron chi connectivity index (χ4n) is 2.67. The number of ether oxygens (including phenoxy) is 1. The summed E-state index contributed by atoms with van der Waals surface area (Å²) < 4.78 is 6.77. The summed E-state index contributed by atoms with van der Waals surface area (Å²) in [5.74, 6) is 0.0367. The second kappa shape index (κ2) is 7.81. The number of nitrogens with zero attached hydrogens (tertiary/aromatic N) is 1.